The van der Waals surface area contributed by atoms with Crippen molar-refractivity contribution in [1.82, 2.24) is 9.97 Å². The summed E-state index contributed by atoms with van der Waals surface area (Å²) in [5.41, 5.74) is 1.23. The van der Waals surface area contributed by atoms with Crippen molar-refractivity contribution in [3.63, 3.8) is 0 Å². The molecule has 0 aliphatic heterocycles. The van der Waals surface area contributed by atoms with Crippen LogP contribution in [0, 0.1) is 0 Å². The highest BCUT2D eigenvalue weighted by molar-refractivity contribution is 7.93. The summed E-state index contributed by atoms with van der Waals surface area (Å²) in [6.45, 7) is -0.190. The fourth-order valence-corrected chi connectivity index (χ4v) is 4.44. The summed E-state index contributed by atoms with van der Waals surface area (Å²) in [6.07, 6.45) is 3.20. The van der Waals surface area contributed by atoms with Crippen LogP contribution in [0.1, 0.15) is 0 Å². The molecule has 152 valence electrons. The number of rotatable bonds is 7. The van der Waals surface area contributed by atoms with Crippen LogP contribution in [0.3, 0.4) is 0 Å². The van der Waals surface area contributed by atoms with E-state index in [4.69, 9.17) is 4.74 Å². The van der Waals surface area contributed by atoms with Crippen molar-refractivity contribution in [3.8, 4) is 5.75 Å². The Bertz CT molecular complexity index is 1270. The zero-order valence-corrected chi connectivity index (χ0v) is 17.1. The van der Waals surface area contributed by atoms with Crippen molar-refractivity contribution < 1.29 is 17.9 Å². The lowest BCUT2D eigenvalue weighted by atomic mass is 10.2. The molecule has 0 fully saturated rings. The normalized spacial score (nSPS) is 11.2. The Hall–Kier alpha value is -3.50. The third kappa shape index (κ3) is 4.73. The summed E-state index contributed by atoms with van der Waals surface area (Å²) in [4.78, 5) is 20.4. The molecule has 10 heteroatoms. The van der Waals surface area contributed by atoms with Crippen molar-refractivity contribution >= 4 is 49.0 Å². The average Bonchev–Trinajstić information content (AvgIpc) is 3.25. The van der Waals surface area contributed by atoms with Crippen LogP contribution in [-0.2, 0) is 14.8 Å². The number of ether oxygens (including phenoxy) is 1. The molecule has 2 aromatic carbocycles. The molecule has 0 radical (unpaired) electrons. The Balaban J connectivity index is 1.35. The predicted octanol–water partition coefficient (Wildman–Crippen LogP) is 3.51. The number of sulfonamides is 1. The molecule has 0 aliphatic rings. The number of carbonyl (C=O) groups is 1. The Morgan fingerprint density at radius 1 is 1.03 bits per heavy atom. The Morgan fingerprint density at radius 3 is 2.63 bits per heavy atom. The first kappa shape index (κ1) is 19.8. The molecule has 8 nitrogen and oxygen atoms in total. The molecule has 4 aromatic rings. The van der Waals surface area contributed by atoms with Crippen LogP contribution in [0.4, 0.5) is 10.8 Å². The fraction of sp³-hybridized carbons (Fsp3) is 0.0500. The fourth-order valence-electron chi connectivity index (χ4n) is 2.65. The van der Waals surface area contributed by atoms with Gasteiger partial charge in [0.1, 0.15) is 5.75 Å². The molecule has 4 rings (SSSR count). The molecule has 1 amide bonds. The largest absolute Gasteiger partial charge is 0.484 e. The van der Waals surface area contributed by atoms with Gasteiger partial charge in [0.15, 0.2) is 11.7 Å². The summed E-state index contributed by atoms with van der Waals surface area (Å²) in [7, 11) is -3.74. The van der Waals surface area contributed by atoms with E-state index >= 15 is 0 Å². The molecule has 0 atom stereocenters. The standard InChI is InChI=1S/C20H16N4O4S2/c25-19(13-28-16-6-3-14-2-1-9-21-18(14)12-16)23-15-4-7-17(8-5-15)30(26,27)24-20-22-10-11-29-20/h1-12H,13H2,(H,22,24)(H,23,25). The molecular formula is C20H16N4O4S2. The first-order valence-corrected chi connectivity index (χ1v) is 11.2. The van der Waals surface area contributed by atoms with E-state index in [0.717, 1.165) is 10.9 Å². The first-order chi connectivity index (χ1) is 14.5. The van der Waals surface area contributed by atoms with E-state index < -0.39 is 10.0 Å². The topological polar surface area (TPSA) is 110 Å². The molecule has 0 saturated heterocycles. The second kappa shape index (κ2) is 8.47. The Labute approximate surface area is 176 Å². The molecule has 2 heterocycles. The van der Waals surface area contributed by atoms with Gasteiger partial charge in [0.2, 0.25) is 0 Å². The highest BCUT2D eigenvalue weighted by Gasteiger charge is 2.15. The number of nitrogens with zero attached hydrogens (tertiary/aromatic N) is 2. The summed E-state index contributed by atoms with van der Waals surface area (Å²) < 4.78 is 32.6. The van der Waals surface area contributed by atoms with E-state index in [0.29, 0.717) is 11.4 Å². The van der Waals surface area contributed by atoms with Crippen LogP contribution in [0.5, 0.6) is 5.75 Å². The average molecular weight is 441 g/mol. The maximum Gasteiger partial charge on any atom is 0.263 e. The number of anilines is 2. The third-order valence-corrected chi connectivity index (χ3v) is 6.22. The summed E-state index contributed by atoms with van der Waals surface area (Å²) in [6, 6.07) is 15.0. The van der Waals surface area contributed by atoms with Crippen LogP contribution in [-0.4, -0.2) is 30.9 Å². The number of carbonyl (C=O) groups excluding carboxylic acids is 1. The maximum atomic E-state index is 12.3. The van der Waals surface area contributed by atoms with E-state index in [1.165, 1.54) is 41.8 Å². The number of fused-ring (bicyclic) bond motifs is 1. The van der Waals surface area contributed by atoms with Crippen LogP contribution >= 0.6 is 11.3 Å². The van der Waals surface area contributed by atoms with E-state index in [1.807, 2.05) is 18.2 Å². The zero-order chi connectivity index (χ0) is 21.0. The SMILES string of the molecule is O=C(COc1ccc2cccnc2c1)Nc1ccc(S(=O)(=O)Nc2nccs2)cc1. The summed E-state index contributed by atoms with van der Waals surface area (Å²) in [5.74, 6) is 0.165. The molecule has 0 unspecified atom stereocenters. The lowest BCUT2D eigenvalue weighted by molar-refractivity contribution is -0.118. The maximum absolute atomic E-state index is 12.3. The van der Waals surface area contributed by atoms with Gasteiger partial charge in [-0.15, -0.1) is 11.3 Å². The van der Waals surface area contributed by atoms with Gasteiger partial charge in [-0.25, -0.2) is 13.4 Å². The highest BCUT2D eigenvalue weighted by atomic mass is 32.2. The van der Waals surface area contributed by atoms with Crippen LogP contribution in [0.15, 0.2) is 77.3 Å². The summed E-state index contributed by atoms with van der Waals surface area (Å²) in [5, 5.41) is 5.61. The number of benzene rings is 2. The minimum atomic E-state index is -3.74. The van der Waals surface area contributed by atoms with E-state index in [-0.39, 0.29) is 22.5 Å². The lowest BCUT2D eigenvalue weighted by Gasteiger charge is -2.09. The molecule has 0 saturated carbocycles. The quantitative estimate of drug-likeness (QED) is 0.455. The Morgan fingerprint density at radius 2 is 1.87 bits per heavy atom. The second-order valence-corrected chi connectivity index (χ2v) is 8.74. The molecule has 2 aromatic heterocycles. The smallest absolute Gasteiger partial charge is 0.263 e. The Kier molecular flexibility index (Phi) is 5.59. The van der Waals surface area contributed by atoms with Gasteiger partial charge in [-0.05, 0) is 42.5 Å². The van der Waals surface area contributed by atoms with Crippen LogP contribution in [0.25, 0.3) is 10.9 Å². The van der Waals surface area contributed by atoms with Gasteiger partial charge in [0, 0.05) is 34.9 Å². The van der Waals surface area contributed by atoms with Gasteiger partial charge in [0.25, 0.3) is 15.9 Å². The van der Waals surface area contributed by atoms with Crippen LogP contribution < -0.4 is 14.8 Å². The molecule has 30 heavy (non-hydrogen) atoms. The van der Waals surface area contributed by atoms with Gasteiger partial charge in [0.05, 0.1) is 10.4 Å². The minimum Gasteiger partial charge on any atom is -0.484 e. The number of pyridine rings is 1. The monoisotopic (exact) mass is 440 g/mol. The van der Waals surface area contributed by atoms with Gasteiger partial charge in [-0.3, -0.25) is 14.5 Å². The van der Waals surface area contributed by atoms with Crippen molar-refractivity contribution in [2.24, 2.45) is 0 Å². The van der Waals surface area contributed by atoms with Gasteiger partial charge < -0.3 is 10.1 Å². The number of aromatic nitrogens is 2. The minimum absolute atomic E-state index is 0.0654. The molecular weight excluding hydrogens is 424 g/mol. The number of nitrogens with one attached hydrogen (secondary N) is 2. The molecule has 0 bridgehead atoms. The number of thiazole rings is 1. The van der Waals surface area contributed by atoms with Crippen molar-refractivity contribution in [2.75, 3.05) is 16.6 Å². The second-order valence-electron chi connectivity index (χ2n) is 6.16. The van der Waals surface area contributed by atoms with Crippen molar-refractivity contribution in [3.05, 3.63) is 72.4 Å². The van der Waals surface area contributed by atoms with Crippen molar-refractivity contribution in [2.45, 2.75) is 4.90 Å². The van der Waals surface area contributed by atoms with Gasteiger partial charge in [-0.2, -0.15) is 0 Å². The third-order valence-electron chi connectivity index (χ3n) is 4.05. The number of hydrogen-bond acceptors (Lipinski definition) is 7. The summed E-state index contributed by atoms with van der Waals surface area (Å²) >= 11 is 1.18. The van der Waals surface area contributed by atoms with E-state index in [2.05, 4.69) is 20.0 Å². The zero-order valence-electron chi connectivity index (χ0n) is 15.5. The number of hydrogen-bond donors (Lipinski definition) is 2. The lowest BCUT2D eigenvalue weighted by Crippen LogP contribution is -2.20. The van der Waals surface area contributed by atoms with E-state index in [1.54, 1.807) is 23.7 Å². The molecule has 0 aliphatic carbocycles. The number of amides is 1. The molecule has 2 N–H and O–H groups in total. The predicted molar refractivity (Wildman–Crippen MR) is 115 cm³/mol. The van der Waals surface area contributed by atoms with E-state index in [9.17, 15) is 13.2 Å². The van der Waals surface area contributed by atoms with Gasteiger partial charge in [-0.1, -0.05) is 6.07 Å². The van der Waals surface area contributed by atoms with Crippen LogP contribution in [0.2, 0.25) is 0 Å². The molecule has 0 spiro atoms. The highest BCUT2D eigenvalue weighted by Crippen LogP contribution is 2.20. The first-order valence-electron chi connectivity index (χ1n) is 8.79. The van der Waals surface area contributed by atoms with Crippen molar-refractivity contribution in [1.29, 1.82) is 0 Å². The van der Waals surface area contributed by atoms with Gasteiger partial charge >= 0.3 is 0 Å².